The molecule has 0 bridgehead atoms. The third-order valence-electron chi connectivity index (χ3n) is 1.84. The Morgan fingerprint density at radius 3 is 2.77 bits per heavy atom. The van der Waals surface area contributed by atoms with Crippen LogP contribution in [0.1, 0.15) is 11.9 Å². The predicted molar refractivity (Wildman–Crippen MR) is 56.3 cm³/mol. The van der Waals surface area contributed by atoms with E-state index in [4.69, 9.17) is 0 Å². The molecular formula is C8H16N4S. The number of nitrogens with zero attached hydrogens (tertiary/aromatic N) is 3. The van der Waals surface area contributed by atoms with Gasteiger partial charge in [-0.1, -0.05) is 18.3 Å². The largest absolute Gasteiger partial charge is 0.359 e. The molecule has 0 unspecified atom stereocenters. The van der Waals surface area contributed by atoms with E-state index in [1.165, 1.54) is 0 Å². The Bertz CT molecular complexity index is 248. The van der Waals surface area contributed by atoms with Crippen molar-refractivity contribution in [1.29, 1.82) is 0 Å². The molecule has 0 aliphatic carbocycles. The lowest BCUT2D eigenvalue weighted by atomic mass is 10.5. The number of hydrogen-bond donors (Lipinski definition) is 1. The van der Waals surface area contributed by atoms with Crippen LogP contribution in [0.25, 0.3) is 0 Å². The summed E-state index contributed by atoms with van der Waals surface area (Å²) in [6.45, 7) is 7.15. The van der Waals surface area contributed by atoms with Crippen molar-refractivity contribution in [1.82, 2.24) is 15.1 Å². The van der Waals surface area contributed by atoms with E-state index in [1.54, 1.807) is 11.3 Å². The number of anilines is 1. The molecule has 74 valence electrons. The number of likely N-dealkylation sites (N-methyl/N-ethyl adjacent to an activating group) is 1. The van der Waals surface area contributed by atoms with Crippen molar-refractivity contribution in [3.8, 4) is 0 Å². The van der Waals surface area contributed by atoms with Gasteiger partial charge in [-0.2, -0.15) is 0 Å². The fourth-order valence-electron chi connectivity index (χ4n) is 0.880. The third kappa shape index (κ3) is 3.69. The van der Waals surface area contributed by atoms with Gasteiger partial charge in [0, 0.05) is 13.1 Å². The van der Waals surface area contributed by atoms with Gasteiger partial charge in [0.1, 0.15) is 5.01 Å². The van der Waals surface area contributed by atoms with Gasteiger partial charge in [0.15, 0.2) is 0 Å². The summed E-state index contributed by atoms with van der Waals surface area (Å²) >= 11 is 1.60. The predicted octanol–water partition coefficient (Wildman–Crippen LogP) is 1.21. The lowest BCUT2D eigenvalue weighted by molar-refractivity contribution is 0.367. The second-order valence-electron chi connectivity index (χ2n) is 2.95. The molecular weight excluding hydrogens is 184 g/mol. The molecule has 0 aliphatic heterocycles. The summed E-state index contributed by atoms with van der Waals surface area (Å²) in [6.07, 6.45) is 0. The number of nitrogens with one attached hydrogen (secondary N) is 1. The molecule has 1 aromatic heterocycles. The smallest absolute Gasteiger partial charge is 0.205 e. The maximum atomic E-state index is 3.98. The quantitative estimate of drug-likeness (QED) is 0.775. The Kier molecular flexibility index (Phi) is 4.11. The summed E-state index contributed by atoms with van der Waals surface area (Å²) in [5.74, 6) is 0. The Labute approximate surface area is 83.0 Å². The molecule has 1 heterocycles. The standard InChI is InChI=1S/C8H16N4S/c1-4-12(3)6-5-9-8-11-10-7(2)13-8/h4-6H2,1-3H3,(H,9,11). The van der Waals surface area contributed by atoms with E-state index in [1.807, 2.05) is 6.92 Å². The minimum absolute atomic E-state index is 0.919. The first-order valence-corrected chi connectivity index (χ1v) is 5.26. The number of aryl methyl sites for hydroxylation is 1. The highest BCUT2D eigenvalue weighted by atomic mass is 32.1. The monoisotopic (exact) mass is 200 g/mol. The van der Waals surface area contributed by atoms with Gasteiger partial charge in [-0.25, -0.2) is 0 Å². The maximum absolute atomic E-state index is 3.98. The summed E-state index contributed by atoms with van der Waals surface area (Å²) in [5, 5.41) is 13.1. The highest BCUT2D eigenvalue weighted by molar-refractivity contribution is 7.15. The first-order chi connectivity index (χ1) is 6.22. The van der Waals surface area contributed by atoms with Crippen molar-refractivity contribution in [2.45, 2.75) is 13.8 Å². The van der Waals surface area contributed by atoms with Crippen molar-refractivity contribution in [3.63, 3.8) is 0 Å². The summed E-state index contributed by atoms with van der Waals surface area (Å²) in [4.78, 5) is 2.25. The minimum atomic E-state index is 0.919. The fraction of sp³-hybridized carbons (Fsp3) is 0.750. The Morgan fingerprint density at radius 2 is 2.23 bits per heavy atom. The van der Waals surface area contributed by atoms with E-state index in [0.29, 0.717) is 0 Å². The third-order valence-corrected chi connectivity index (χ3v) is 2.63. The summed E-state index contributed by atoms with van der Waals surface area (Å²) in [6, 6.07) is 0. The second kappa shape index (κ2) is 5.14. The van der Waals surface area contributed by atoms with E-state index in [-0.39, 0.29) is 0 Å². The van der Waals surface area contributed by atoms with E-state index in [9.17, 15) is 0 Å². The van der Waals surface area contributed by atoms with Crippen LogP contribution in [-0.2, 0) is 0 Å². The van der Waals surface area contributed by atoms with Crippen molar-refractivity contribution in [2.75, 3.05) is 32.0 Å². The zero-order valence-electron chi connectivity index (χ0n) is 8.37. The molecule has 1 aromatic rings. The molecule has 0 amide bonds. The van der Waals surface area contributed by atoms with Crippen molar-refractivity contribution < 1.29 is 0 Å². The highest BCUT2D eigenvalue weighted by Gasteiger charge is 1.99. The molecule has 13 heavy (non-hydrogen) atoms. The SMILES string of the molecule is CCN(C)CCNc1nnc(C)s1. The molecule has 0 saturated heterocycles. The molecule has 0 aliphatic rings. The normalized spacial score (nSPS) is 10.8. The minimum Gasteiger partial charge on any atom is -0.359 e. The van der Waals surface area contributed by atoms with Crippen molar-refractivity contribution in [3.05, 3.63) is 5.01 Å². The van der Waals surface area contributed by atoms with Gasteiger partial charge >= 0.3 is 0 Å². The van der Waals surface area contributed by atoms with Crippen LogP contribution in [0.4, 0.5) is 5.13 Å². The summed E-state index contributed by atoms with van der Waals surface area (Å²) < 4.78 is 0. The van der Waals surface area contributed by atoms with Gasteiger partial charge in [0.05, 0.1) is 0 Å². The van der Waals surface area contributed by atoms with Gasteiger partial charge in [-0.15, -0.1) is 10.2 Å². The zero-order valence-corrected chi connectivity index (χ0v) is 9.19. The van der Waals surface area contributed by atoms with E-state index < -0.39 is 0 Å². The molecule has 5 heteroatoms. The number of hydrogen-bond acceptors (Lipinski definition) is 5. The summed E-state index contributed by atoms with van der Waals surface area (Å²) in [7, 11) is 2.10. The Morgan fingerprint density at radius 1 is 1.46 bits per heavy atom. The summed E-state index contributed by atoms with van der Waals surface area (Å²) in [5.41, 5.74) is 0. The first-order valence-electron chi connectivity index (χ1n) is 4.45. The molecule has 1 rings (SSSR count). The zero-order chi connectivity index (χ0) is 9.68. The average molecular weight is 200 g/mol. The van der Waals surface area contributed by atoms with Gasteiger partial charge in [-0.05, 0) is 20.5 Å². The van der Waals surface area contributed by atoms with E-state index in [2.05, 4.69) is 34.4 Å². The van der Waals surface area contributed by atoms with Crippen LogP contribution in [0, 0.1) is 6.92 Å². The van der Waals surface area contributed by atoms with E-state index in [0.717, 1.165) is 29.8 Å². The molecule has 1 N–H and O–H groups in total. The van der Waals surface area contributed by atoms with Crippen LogP contribution in [-0.4, -0.2) is 41.8 Å². The van der Waals surface area contributed by atoms with Crippen LogP contribution >= 0.6 is 11.3 Å². The highest BCUT2D eigenvalue weighted by Crippen LogP contribution is 2.12. The molecule has 0 fully saturated rings. The fourth-order valence-corrected chi connectivity index (χ4v) is 1.50. The molecule has 0 spiro atoms. The second-order valence-corrected chi connectivity index (χ2v) is 4.13. The molecule has 0 aromatic carbocycles. The average Bonchev–Trinajstić information content (AvgIpc) is 2.51. The Balaban J connectivity index is 2.20. The topological polar surface area (TPSA) is 41.0 Å². The van der Waals surface area contributed by atoms with Crippen LogP contribution in [0.3, 0.4) is 0 Å². The lowest BCUT2D eigenvalue weighted by Crippen LogP contribution is -2.24. The van der Waals surface area contributed by atoms with Crippen molar-refractivity contribution >= 4 is 16.5 Å². The first kappa shape index (κ1) is 10.4. The Hall–Kier alpha value is -0.680. The molecule has 4 nitrogen and oxygen atoms in total. The van der Waals surface area contributed by atoms with Crippen LogP contribution in [0.5, 0.6) is 0 Å². The van der Waals surface area contributed by atoms with Gasteiger partial charge < -0.3 is 10.2 Å². The molecule has 0 radical (unpaired) electrons. The van der Waals surface area contributed by atoms with Crippen LogP contribution < -0.4 is 5.32 Å². The number of aromatic nitrogens is 2. The maximum Gasteiger partial charge on any atom is 0.205 e. The molecule has 0 saturated carbocycles. The van der Waals surface area contributed by atoms with Crippen LogP contribution in [0.15, 0.2) is 0 Å². The lowest BCUT2D eigenvalue weighted by Gasteiger charge is -2.12. The van der Waals surface area contributed by atoms with Gasteiger partial charge in [0.2, 0.25) is 5.13 Å². The van der Waals surface area contributed by atoms with E-state index >= 15 is 0 Å². The number of rotatable bonds is 5. The van der Waals surface area contributed by atoms with Gasteiger partial charge in [-0.3, -0.25) is 0 Å². The molecule has 0 atom stereocenters. The van der Waals surface area contributed by atoms with Gasteiger partial charge in [0.25, 0.3) is 0 Å². The van der Waals surface area contributed by atoms with Crippen molar-refractivity contribution in [2.24, 2.45) is 0 Å². The van der Waals surface area contributed by atoms with Crippen LogP contribution in [0.2, 0.25) is 0 Å².